The quantitative estimate of drug-likeness (QED) is 0.579. The molecular formula is C14H17ClN4O3S. The summed E-state index contributed by atoms with van der Waals surface area (Å²) in [6, 6.07) is 6.27. The predicted octanol–water partition coefficient (Wildman–Crippen LogP) is 2.07. The van der Waals surface area contributed by atoms with Gasteiger partial charge in [0.2, 0.25) is 0 Å². The smallest absolute Gasteiger partial charge is 0.175 e. The van der Waals surface area contributed by atoms with Crippen LogP contribution >= 0.6 is 11.6 Å². The molecule has 0 aliphatic carbocycles. The number of nitrogens with zero attached hydrogens (tertiary/aromatic N) is 2. The van der Waals surface area contributed by atoms with Crippen molar-refractivity contribution >= 4 is 32.9 Å². The van der Waals surface area contributed by atoms with Crippen LogP contribution in [0.25, 0.3) is 0 Å². The molecule has 1 heterocycles. The molecule has 1 aromatic carbocycles. The second-order valence-electron chi connectivity index (χ2n) is 4.66. The zero-order chi connectivity index (χ0) is 16.9. The number of halogens is 1. The Bertz CT molecular complexity index is 766. The standard InChI is InChI=1S/C14H17ClN4O3S/c1-16-12-13(15)18-9-19-14(12)17-7-8-22-10-3-5-11(6-4-10)23(2,20)21/h3-6,9,16H,7-8H2,1-2H3,(H,17,18,19). The maximum absolute atomic E-state index is 11.4. The third-order valence-electron chi connectivity index (χ3n) is 2.97. The molecule has 0 bridgehead atoms. The van der Waals surface area contributed by atoms with E-state index in [0.717, 1.165) is 0 Å². The van der Waals surface area contributed by atoms with E-state index in [1.54, 1.807) is 19.2 Å². The molecule has 0 atom stereocenters. The molecule has 9 heteroatoms. The van der Waals surface area contributed by atoms with Gasteiger partial charge in [-0.3, -0.25) is 0 Å². The predicted molar refractivity (Wildman–Crippen MR) is 90.1 cm³/mol. The second-order valence-corrected chi connectivity index (χ2v) is 7.03. The first-order chi connectivity index (χ1) is 10.9. The summed E-state index contributed by atoms with van der Waals surface area (Å²) in [5, 5.41) is 6.35. The summed E-state index contributed by atoms with van der Waals surface area (Å²) >= 11 is 5.96. The third-order valence-corrected chi connectivity index (χ3v) is 4.38. The minimum atomic E-state index is -3.19. The van der Waals surface area contributed by atoms with Crippen LogP contribution in [0.4, 0.5) is 11.5 Å². The van der Waals surface area contributed by atoms with Crippen molar-refractivity contribution in [2.45, 2.75) is 4.90 Å². The SMILES string of the molecule is CNc1c(Cl)ncnc1NCCOc1ccc(S(C)(=O)=O)cc1. The Balaban J connectivity index is 1.88. The van der Waals surface area contributed by atoms with Crippen LogP contribution in [-0.4, -0.2) is 44.8 Å². The molecule has 2 aromatic rings. The van der Waals surface area contributed by atoms with E-state index in [0.29, 0.717) is 35.6 Å². The van der Waals surface area contributed by atoms with Gasteiger partial charge in [0.25, 0.3) is 0 Å². The van der Waals surface area contributed by atoms with Crippen molar-refractivity contribution in [1.29, 1.82) is 0 Å². The lowest BCUT2D eigenvalue weighted by atomic mass is 10.3. The van der Waals surface area contributed by atoms with Gasteiger partial charge in [-0.25, -0.2) is 18.4 Å². The first-order valence-electron chi connectivity index (χ1n) is 6.77. The minimum absolute atomic E-state index is 0.261. The summed E-state index contributed by atoms with van der Waals surface area (Å²) < 4.78 is 28.3. The average Bonchev–Trinajstić information content (AvgIpc) is 2.51. The monoisotopic (exact) mass is 356 g/mol. The number of aromatic nitrogens is 2. The molecule has 7 nitrogen and oxygen atoms in total. The number of rotatable bonds is 7. The zero-order valence-corrected chi connectivity index (χ0v) is 14.3. The van der Waals surface area contributed by atoms with E-state index in [-0.39, 0.29) is 4.90 Å². The number of ether oxygens (including phenoxy) is 1. The molecule has 124 valence electrons. The molecule has 0 fully saturated rings. The fourth-order valence-electron chi connectivity index (χ4n) is 1.84. The van der Waals surface area contributed by atoms with Crippen LogP contribution < -0.4 is 15.4 Å². The van der Waals surface area contributed by atoms with Gasteiger partial charge in [-0.1, -0.05) is 11.6 Å². The number of benzene rings is 1. The Kier molecular flexibility index (Phi) is 5.62. The van der Waals surface area contributed by atoms with Crippen LogP contribution in [0.5, 0.6) is 5.75 Å². The van der Waals surface area contributed by atoms with Crippen molar-refractivity contribution in [1.82, 2.24) is 9.97 Å². The maximum atomic E-state index is 11.4. The molecule has 0 aliphatic heterocycles. The highest BCUT2D eigenvalue weighted by Gasteiger charge is 2.08. The van der Waals surface area contributed by atoms with E-state index >= 15 is 0 Å². The van der Waals surface area contributed by atoms with Crippen molar-refractivity contribution in [3.05, 3.63) is 35.7 Å². The van der Waals surface area contributed by atoms with Gasteiger partial charge in [0.1, 0.15) is 24.4 Å². The lowest BCUT2D eigenvalue weighted by Gasteiger charge is -2.12. The van der Waals surface area contributed by atoms with Crippen LogP contribution in [-0.2, 0) is 9.84 Å². The van der Waals surface area contributed by atoms with Crippen molar-refractivity contribution in [3.63, 3.8) is 0 Å². The van der Waals surface area contributed by atoms with Gasteiger partial charge in [0, 0.05) is 13.3 Å². The zero-order valence-electron chi connectivity index (χ0n) is 12.7. The van der Waals surface area contributed by atoms with Crippen LogP contribution in [0, 0.1) is 0 Å². The number of hydrogen-bond acceptors (Lipinski definition) is 7. The van der Waals surface area contributed by atoms with Crippen molar-refractivity contribution in [2.24, 2.45) is 0 Å². The third kappa shape index (κ3) is 4.70. The minimum Gasteiger partial charge on any atom is -0.492 e. The van der Waals surface area contributed by atoms with E-state index in [4.69, 9.17) is 16.3 Å². The van der Waals surface area contributed by atoms with Gasteiger partial charge in [0.15, 0.2) is 20.8 Å². The summed E-state index contributed by atoms with van der Waals surface area (Å²) in [6.07, 6.45) is 2.54. The molecular weight excluding hydrogens is 340 g/mol. The Labute approximate surface area is 140 Å². The number of nitrogens with one attached hydrogen (secondary N) is 2. The molecule has 0 amide bonds. The summed E-state index contributed by atoms with van der Waals surface area (Å²) in [4.78, 5) is 8.25. The highest BCUT2D eigenvalue weighted by atomic mass is 35.5. The van der Waals surface area contributed by atoms with Crippen LogP contribution in [0.2, 0.25) is 5.15 Å². The van der Waals surface area contributed by atoms with Gasteiger partial charge in [-0.2, -0.15) is 0 Å². The average molecular weight is 357 g/mol. The van der Waals surface area contributed by atoms with Gasteiger partial charge in [-0.15, -0.1) is 0 Å². The van der Waals surface area contributed by atoms with Crippen molar-refractivity contribution in [3.8, 4) is 5.75 Å². The van der Waals surface area contributed by atoms with Crippen molar-refractivity contribution < 1.29 is 13.2 Å². The molecule has 0 spiro atoms. The fraction of sp³-hybridized carbons (Fsp3) is 0.286. The molecule has 1 aromatic heterocycles. The fourth-order valence-corrected chi connectivity index (χ4v) is 2.70. The van der Waals surface area contributed by atoms with E-state index < -0.39 is 9.84 Å². The van der Waals surface area contributed by atoms with E-state index in [1.807, 2.05) is 0 Å². The number of hydrogen-bond donors (Lipinski definition) is 2. The summed E-state index contributed by atoms with van der Waals surface area (Å²) in [5.74, 6) is 1.18. The van der Waals surface area contributed by atoms with Crippen molar-refractivity contribution in [2.75, 3.05) is 37.1 Å². The first kappa shape index (κ1) is 17.3. The summed E-state index contributed by atoms with van der Waals surface area (Å²) in [6.45, 7) is 0.874. The van der Waals surface area contributed by atoms with E-state index in [2.05, 4.69) is 20.6 Å². The lowest BCUT2D eigenvalue weighted by Crippen LogP contribution is -2.14. The van der Waals surface area contributed by atoms with Gasteiger partial charge >= 0.3 is 0 Å². The van der Waals surface area contributed by atoms with Crippen LogP contribution in [0.3, 0.4) is 0 Å². The maximum Gasteiger partial charge on any atom is 0.175 e. The first-order valence-corrected chi connectivity index (χ1v) is 9.04. The van der Waals surface area contributed by atoms with Gasteiger partial charge < -0.3 is 15.4 Å². The normalized spacial score (nSPS) is 11.1. The molecule has 0 saturated heterocycles. The Hall–Kier alpha value is -2.06. The van der Waals surface area contributed by atoms with Crippen LogP contribution in [0.1, 0.15) is 0 Å². The number of anilines is 2. The molecule has 0 radical (unpaired) electrons. The number of sulfone groups is 1. The largest absolute Gasteiger partial charge is 0.492 e. The Morgan fingerprint density at radius 2 is 1.91 bits per heavy atom. The summed E-state index contributed by atoms with van der Waals surface area (Å²) in [7, 11) is -1.46. The van der Waals surface area contributed by atoms with E-state index in [1.165, 1.54) is 24.7 Å². The molecule has 0 aliphatic rings. The second kappa shape index (κ2) is 7.47. The highest BCUT2D eigenvalue weighted by Crippen LogP contribution is 2.25. The molecule has 0 unspecified atom stereocenters. The molecule has 23 heavy (non-hydrogen) atoms. The Morgan fingerprint density at radius 1 is 1.22 bits per heavy atom. The highest BCUT2D eigenvalue weighted by molar-refractivity contribution is 7.90. The van der Waals surface area contributed by atoms with Gasteiger partial charge in [-0.05, 0) is 24.3 Å². The lowest BCUT2D eigenvalue weighted by molar-refractivity contribution is 0.332. The van der Waals surface area contributed by atoms with Crippen LogP contribution in [0.15, 0.2) is 35.5 Å². The Morgan fingerprint density at radius 3 is 2.52 bits per heavy atom. The topological polar surface area (TPSA) is 93.2 Å². The van der Waals surface area contributed by atoms with Gasteiger partial charge in [0.05, 0.1) is 11.4 Å². The molecule has 2 N–H and O–H groups in total. The molecule has 2 rings (SSSR count). The summed E-state index contributed by atoms with van der Waals surface area (Å²) in [5.41, 5.74) is 0.617. The van der Waals surface area contributed by atoms with E-state index in [9.17, 15) is 8.42 Å². The molecule has 0 saturated carbocycles.